The van der Waals surface area contributed by atoms with Crippen LogP contribution in [0.25, 0.3) is 10.9 Å². The maximum absolute atomic E-state index is 11.4. The molecule has 94 valence electrons. The average Bonchev–Trinajstić information content (AvgIpc) is 2.36. The van der Waals surface area contributed by atoms with Crippen LogP contribution in [-0.4, -0.2) is 22.5 Å². The lowest BCUT2D eigenvalue weighted by Gasteiger charge is -2.10. The Morgan fingerprint density at radius 1 is 1.39 bits per heavy atom. The normalized spacial score (nSPS) is 10.6. The Labute approximate surface area is 105 Å². The van der Waals surface area contributed by atoms with Crippen LogP contribution in [0.1, 0.15) is 30.6 Å². The molecule has 0 saturated carbocycles. The predicted molar refractivity (Wildman–Crippen MR) is 69.2 cm³/mol. The summed E-state index contributed by atoms with van der Waals surface area (Å²) in [5.74, 6) is 0.321. The standard InChI is InChI=1S/C14H15NO3/c1-3-8-18-12-6-7-15-11-5-4-10(9(2)16)14(17)13(11)12/h4-7,17H,3,8H2,1-2H3. The second kappa shape index (κ2) is 5.04. The van der Waals surface area contributed by atoms with Crippen molar-refractivity contribution in [2.24, 2.45) is 0 Å². The van der Waals surface area contributed by atoms with E-state index >= 15 is 0 Å². The van der Waals surface area contributed by atoms with Crippen LogP contribution in [0.2, 0.25) is 0 Å². The van der Waals surface area contributed by atoms with Gasteiger partial charge in [-0.05, 0) is 31.5 Å². The highest BCUT2D eigenvalue weighted by Crippen LogP contribution is 2.35. The van der Waals surface area contributed by atoms with Gasteiger partial charge in [-0.2, -0.15) is 0 Å². The largest absolute Gasteiger partial charge is 0.506 e. The van der Waals surface area contributed by atoms with E-state index in [9.17, 15) is 9.90 Å². The number of phenols is 1. The number of phenolic OH excluding ortho intramolecular Hbond substituents is 1. The minimum atomic E-state index is -0.181. The smallest absolute Gasteiger partial charge is 0.163 e. The second-order valence-corrected chi connectivity index (χ2v) is 4.07. The number of Topliss-reactive ketones (excluding diaryl/α,β-unsaturated/α-hetero) is 1. The number of pyridine rings is 1. The van der Waals surface area contributed by atoms with Crippen molar-refractivity contribution in [1.29, 1.82) is 0 Å². The summed E-state index contributed by atoms with van der Waals surface area (Å²) in [4.78, 5) is 15.6. The van der Waals surface area contributed by atoms with Gasteiger partial charge in [-0.1, -0.05) is 6.92 Å². The van der Waals surface area contributed by atoms with Gasteiger partial charge in [-0.25, -0.2) is 0 Å². The summed E-state index contributed by atoms with van der Waals surface area (Å²) in [6, 6.07) is 4.99. The van der Waals surface area contributed by atoms with Crippen molar-refractivity contribution in [2.45, 2.75) is 20.3 Å². The highest BCUT2D eigenvalue weighted by atomic mass is 16.5. The van der Waals surface area contributed by atoms with Gasteiger partial charge in [0.2, 0.25) is 0 Å². The van der Waals surface area contributed by atoms with Crippen molar-refractivity contribution in [3.63, 3.8) is 0 Å². The topological polar surface area (TPSA) is 59.4 Å². The molecule has 2 aromatic rings. The zero-order valence-electron chi connectivity index (χ0n) is 10.4. The SMILES string of the molecule is CCCOc1ccnc2ccc(C(C)=O)c(O)c12. The third-order valence-electron chi connectivity index (χ3n) is 2.68. The van der Waals surface area contributed by atoms with Gasteiger partial charge in [-0.3, -0.25) is 9.78 Å². The number of aromatic hydroxyl groups is 1. The molecule has 0 radical (unpaired) electrons. The van der Waals surface area contributed by atoms with Crippen LogP contribution in [0.5, 0.6) is 11.5 Å². The molecule has 0 aliphatic carbocycles. The number of carbonyl (C=O) groups is 1. The molecule has 0 spiro atoms. The number of benzene rings is 1. The monoisotopic (exact) mass is 245 g/mol. The van der Waals surface area contributed by atoms with Crippen molar-refractivity contribution in [1.82, 2.24) is 4.98 Å². The Morgan fingerprint density at radius 2 is 2.17 bits per heavy atom. The number of carbonyl (C=O) groups excluding carboxylic acids is 1. The van der Waals surface area contributed by atoms with Gasteiger partial charge in [0.1, 0.15) is 11.5 Å². The van der Waals surface area contributed by atoms with E-state index in [-0.39, 0.29) is 17.1 Å². The first kappa shape index (κ1) is 12.4. The van der Waals surface area contributed by atoms with E-state index in [0.29, 0.717) is 23.3 Å². The van der Waals surface area contributed by atoms with Gasteiger partial charge in [-0.15, -0.1) is 0 Å². The van der Waals surface area contributed by atoms with Crippen LogP contribution in [0.4, 0.5) is 0 Å². The summed E-state index contributed by atoms with van der Waals surface area (Å²) >= 11 is 0. The molecule has 1 N–H and O–H groups in total. The number of aromatic nitrogens is 1. The lowest BCUT2D eigenvalue weighted by Crippen LogP contribution is -1.98. The number of ketones is 1. The Balaban J connectivity index is 2.64. The van der Waals surface area contributed by atoms with Crippen molar-refractivity contribution in [3.05, 3.63) is 30.0 Å². The maximum atomic E-state index is 11.4. The Bertz CT molecular complexity index is 593. The first-order valence-electron chi connectivity index (χ1n) is 5.89. The molecule has 0 amide bonds. The van der Waals surface area contributed by atoms with E-state index in [2.05, 4.69) is 4.98 Å². The summed E-state index contributed by atoms with van der Waals surface area (Å²) < 4.78 is 5.57. The van der Waals surface area contributed by atoms with E-state index in [0.717, 1.165) is 6.42 Å². The maximum Gasteiger partial charge on any atom is 0.163 e. The third kappa shape index (κ3) is 2.14. The van der Waals surface area contributed by atoms with Gasteiger partial charge in [0, 0.05) is 6.20 Å². The molecule has 0 saturated heterocycles. The summed E-state index contributed by atoms with van der Waals surface area (Å²) in [5, 5.41) is 10.7. The van der Waals surface area contributed by atoms with Gasteiger partial charge in [0.05, 0.1) is 23.1 Å². The number of fused-ring (bicyclic) bond motifs is 1. The van der Waals surface area contributed by atoms with Crippen LogP contribution in [0.15, 0.2) is 24.4 Å². The average molecular weight is 245 g/mol. The molecule has 4 heteroatoms. The zero-order valence-corrected chi connectivity index (χ0v) is 10.4. The number of ether oxygens (including phenoxy) is 1. The summed E-state index contributed by atoms with van der Waals surface area (Å²) in [6.45, 7) is 3.98. The lowest BCUT2D eigenvalue weighted by atomic mass is 10.1. The van der Waals surface area contributed by atoms with Crippen LogP contribution in [-0.2, 0) is 0 Å². The second-order valence-electron chi connectivity index (χ2n) is 4.07. The first-order chi connectivity index (χ1) is 8.65. The van der Waals surface area contributed by atoms with E-state index in [4.69, 9.17) is 4.74 Å². The van der Waals surface area contributed by atoms with Crippen molar-refractivity contribution >= 4 is 16.7 Å². The Kier molecular flexibility index (Phi) is 3.46. The van der Waals surface area contributed by atoms with E-state index in [1.54, 1.807) is 24.4 Å². The predicted octanol–water partition coefficient (Wildman–Crippen LogP) is 2.93. The van der Waals surface area contributed by atoms with Crippen LogP contribution in [0, 0.1) is 0 Å². The van der Waals surface area contributed by atoms with Crippen molar-refractivity contribution in [2.75, 3.05) is 6.61 Å². The molecule has 0 fully saturated rings. The fourth-order valence-electron chi connectivity index (χ4n) is 1.82. The zero-order chi connectivity index (χ0) is 13.1. The van der Waals surface area contributed by atoms with Crippen LogP contribution < -0.4 is 4.74 Å². The fraction of sp³-hybridized carbons (Fsp3) is 0.286. The van der Waals surface area contributed by atoms with Crippen molar-refractivity contribution in [3.8, 4) is 11.5 Å². The molecule has 0 unspecified atom stereocenters. The van der Waals surface area contributed by atoms with Gasteiger partial charge in [0.15, 0.2) is 5.78 Å². The van der Waals surface area contributed by atoms with E-state index in [1.807, 2.05) is 6.92 Å². The molecule has 1 aromatic heterocycles. The molecule has 1 aromatic carbocycles. The van der Waals surface area contributed by atoms with Gasteiger partial charge in [0.25, 0.3) is 0 Å². The summed E-state index contributed by atoms with van der Waals surface area (Å²) in [5.41, 5.74) is 0.906. The number of hydrogen-bond donors (Lipinski definition) is 1. The molecule has 0 aliphatic rings. The molecule has 0 aliphatic heterocycles. The molecule has 2 rings (SSSR count). The highest BCUT2D eigenvalue weighted by Gasteiger charge is 2.14. The Hall–Kier alpha value is -2.10. The summed E-state index contributed by atoms with van der Waals surface area (Å²) in [6.07, 6.45) is 2.50. The first-order valence-corrected chi connectivity index (χ1v) is 5.89. The quantitative estimate of drug-likeness (QED) is 0.841. The van der Waals surface area contributed by atoms with E-state index < -0.39 is 0 Å². The molecule has 0 bridgehead atoms. The van der Waals surface area contributed by atoms with Crippen molar-refractivity contribution < 1.29 is 14.6 Å². The molecular formula is C14H15NO3. The lowest BCUT2D eigenvalue weighted by molar-refractivity contribution is 0.101. The van der Waals surface area contributed by atoms with Crippen LogP contribution >= 0.6 is 0 Å². The molecule has 18 heavy (non-hydrogen) atoms. The molecular weight excluding hydrogens is 230 g/mol. The van der Waals surface area contributed by atoms with Crippen LogP contribution in [0.3, 0.4) is 0 Å². The number of hydrogen-bond acceptors (Lipinski definition) is 4. The minimum absolute atomic E-state index is 0.0563. The molecule has 4 nitrogen and oxygen atoms in total. The molecule has 1 heterocycles. The highest BCUT2D eigenvalue weighted by molar-refractivity contribution is 6.04. The van der Waals surface area contributed by atoms with Gasteiger partial charge >= 0.3 is 0 Å². The molecule has 0 atom stereocenters. The third-order valence-corrected chi connectivity index (χ3v) is 2.68. The fourth-order valence-corrected chi connectivity index (χ4v) is 1.82. The summed E-state index contributed by atoms with van der Waals surface area (Å²) in [7, 11) is 0. The van der Waals surface area contributed by atoms with Gasteiger partial charge < -0.3 is 9.84 Å². The number of rotatable bonds is 4. The Morgan fingerprint density at radius 3 is 2.83 bits per heavy atom. The van der Waals surface area contributed by atoms with E-state index in [1.165, 1.54) is 6.92 Å². The minimum Gasteiger partial charge on any atom is -0.506 e. The number of nitrogens with zero attached hydrogens (tertiary/aromatic N) is 1.